The van der Waals surface area contributed by atoms with E-state index in [1.54, 1.807) is 12.3 Å². The van der Waals surface area contributed by atoms with Gasteiger partial charge in [0.2, 0.25) is 23.8 Å². The van der Waals surface area contributed by atoms with Crippen molar-refractivity contribution in [3.8, 4) is 0 Å². The SMILES string of the molecule is CCc1nc(Nc2ncc(/C=C/C(=O)NC3CC3)c(C)n2)nc(N2CCN(C)CC2)n1. The Balaban J connectivity index is 1.46. The molecule has 2 aromatic heterocycles. The van der Waals surface area contributed by atoms with Crippen LogP contribution >= 0.6 is 0 Å². The maximum atomic E-state index is 11.8. The average Bonchev–Trinajstić information content (AvgIpc) is 3.57. The number of nitrogens with one attached hydrogen (secondary N) is 2. The molecule has 2 aliphatic rings. The number of aryl methyl sites for hydroxylation is 2. The Hall–Kier alpha value is -3.14. The van der Waals surface area contributed by atoms with E-state index in [2.05, 4.69) is 52.4 Å². The lowest BCUT2D eigenvalue weighted by Crippen LogP contribution is -2.45. The highest BCUT2D eigenvalue weighted by atomic mass is 16.1. The lowest BCUT2D eigenvalue weighted by Gasteiger charge is -2.32. The summed E-state index contributed by atoms with van der Waals surface area (Å²) >= 11 is 0. The van der Waals surface area contributed by atoms with E-state index in [-0.39, 0.29) is 5.91 Å². The minimum absolute atomic E-state index is 0.0854. The fraction of sp³-hybridized carbons (Fsp3) is 0.524. The molecular weight excluding hydrogens is 394 g/mol. The van der Waals surface area contributed by atoms with Gasteiger partial charge in [-0.2, -0.15) is 15.0 Å². The summed E-state index contributed by atoms with van der Waals surface area (Å²) < 4.78 is 0. The first-order valence-electron chi connectivity index (χ1n) is 10.8. The molecule has 0 bridgehead atoms. The molecule has 10 nitrogen and oxygen atoms in total. The van der Waals surface area contributed by atoms with Crippen LogP contribution in [0.3, 0.4) is 0 Å². The third kappa shape index (κ3) is 5.72. The molecule has 0 atom stereocenters. The molecule has 1 saturated carbocycles. The fourth-order valence-corrected chi connectivity index (χ4v) is 3.21. The highest BCUT2D eigenvalue weighted by Gasteiger charge is 2.22. The smallest absolute Gasteiger partial charge is 0.244 e. The maximum Gasteiger partial charge on any atom is 0.244 e. The largest absolute Gasteiger partial charge is 0.350 e. The second-order valence-corrected chi connectivity index (χ2v) is 7.99. The van der Waals surface area contributed by atoms with E-state index < -0.39 is 0 Å². The number of amides is 1. The van der Waals surface area contributed by atoms with Crippen molar-refractivity contribution >= 4 is 29.8 Å². The van der Waals surface area contributed by atoms with Gasteiger partial charge in [-0.25, -0.2) is 9.97 Å². The van der Waals surface area contributed by atoms with Crippen molar-refractivity contribution in [1.29, 1.82) is 0 Å². The first kappa shape index (κ1) is 21.1. The van der Waals surface area contributed by atoms with Gasteiger partial charge in [0.15, 0.2) is 0 Å². The molecule has 164 valence electrons. The van der Waals surface area contributed by atoms with Crippen LogP contribution in [-0.2, 0) is 11.2 Å². The van der Waals surface area contributed by atoms with Crippen molar-refractivity contribution < 1.29 is 4.79 Å². The van der Waals surface area contributed by atoms with Crippen LogP contribution in [0.5, 0.6) is 0 Å². The van der Waals surface area contributed by atoms with Gasteiger partial charge >= 0.3 is 0 Å². The first-order chi connectivity index (χ1) is 15.0. The Morgan fingerprint density at radius 3 is 2.58 bits per heavy atom. The molecule has 31 heavy (non-hydrogen) atoms. The van der Waals surface area contributed by atoms with Crippen LogP contribution in [0, 0.1) is 6.92 Å². The van der Waals surface area contributed by atoms with E-state index >= 15 is 0 Å². The van der Waals surface area contributed by atoms with Crippen molar-refractivity contribution in [1.82, 2.24) is 35.1 Å². The summed E-state index contributed by atoms with van der Waals surface area (Å²) in [5, 5.41) is 6.03. The molecular formula is C21H29N9O. The van der Waals surface area contributed by atoms with E-state index in [1.165, 1.54) is 6.08 Å². The summed E-state index contributed by atoms with van der Waals surface area (Å²) in [5.74, 6) is 2.17. The number of carbonyl (C=O) groups excluding carboxylic acids is 1. The summed E-state index contributed by atoms with van der Waals surface area (Å²) in [7, 11) is 2.12. The molecule has 1 saturated heterocycles. The molecule has 2 fully saturated rings. The van der Waals surface area contributed by atoms with Crippen LogP contribution in [0.2, 0.25) is 0 Å². The van der Waals surface area contributed by atoms with Crippen molar-refractivity contribution in [3.05, 3.63) is 29.4 Å². The van der Waals surface area contributed by atoms with E-state index in [4.69, 9.17) is 0 Å². The Kier molecular flexibility index (Phi) is 6.36. The Morgan fingerprint density at radius 1 is 1.13 bits per heavy atom. The number of anilines is 3. The number of nitrogens with zero attached hydrogens (tertiary/aromatic N) is 7. The Labute approximate surface area is 182 Å². The van der Waals surface area contributed by atoms with Gasteiger partial charge in [0.05, 0.1) is 5.69 Å². The molecule has 0 radical (unpaired) electrons. The van der Waals surface area contributed by atoms with Crippen LogP contribution in [0.25, 0.3) is 6.08 Å². The van der Waals surface area contributed by atoms with Crippen LogP contribution in [-0.4, -0.2) is 75.0 Å². The molecule has 3 heterocycles. The Morgan fingerprint density at radius 2 is 1.90 bits per heavy atom. The third-order valence-electron chi connectivity index (χ3n) is 5.35. The lowest BCUT2D eigenvalue weighted by molar-refractivity contribution is -0.116. The van der Waals surface area contributed by atoms with Crippen molar-refractivity contribution in [2.45, 2.75) is 39.2 Å². The summed E-state index contributed by atoms with van der Waals surface area (Å²) in [6.45, 7) is 7.62. The lowest BCUT2D eigenvalue weighted by atomic mass is 10.2. The van der Waals surface area contributed by atoms with Gasteiger partial charge in [-0.3, -0.25) is 10.1 Å². The van der Waals surface area contributed by atoms with E-state index in [0.29, 0.717) is 30.3 Å². The van der Waals surface area contributed by atoms with Gasteiger partial charge in [0.25, 0.3) is 0 Å². The summed E-state index contributed by atoms with van der Waals surface area (Å²) in [5.41, 5.74) is 1.55. The zero-order valence-corrected chi connectivity index (χ0v) is 18.3. The van der Waals surface area contributed by atoms with Crippen LogP contribution in [0.15, 0.2) is 12.3 Å². The quantitative estimate of drug-likeness (QED) is 0.637. The van der Waals surface area contributed by atoms with Crippen molar-refractivity contribution in [2.75, 3.05) is 43.4 Å². The number of carbonyl (C=O) groups is 1. The molecule has 0 unspecified atom stereocenters. The summed E-state index contributed by atoms with van der Waals surface area (Å²) in [4.78, 5) is 38.9. The van der Waals surface area contributed by atoms with Crippen molar-refractivity contribution in [2.24, 2.45) is 0 Å². The first-order valence-corrected chi connectivity index (χ1v) is 10.8. The molecule has 1 amide bonds. The number of hydrogen-bond donors (Lipinski definition) is 2. The average molecular weight is 424 g/mol. The van der Waals surface area contributed by atoms with Gasteiger partial charge in [0, 0.05) is 56.5 Å². The van der Waals surface area contributed by atoms with Gasteiger partial charge < -0.3 is 15.1 Å². The molecule has 1 aliphatic carbocycles. The summed E-state index contributed by atoms with van der Waals surface area (Å²) in [6, 6.07) is 0.338. The summed E-state index contributed by atoms with van der Waals surface area (Å²) in [6.07, 6.45) is 7.80. The molecule has 0 spiro atoms. The predicted octanol–water partition coefficient (Wildman–Crippen LogP) is 1.32. The molecule has 0 aromatic carbocycles. The number of likely N-dealkylation sites (N-methyl/N-ethyl adjacent to an activating group) is 1. The van der Waals surface area contributed by atoms with Gasteiger partial charge in [-0.1, -0.05) is 6.92 Å². The number of piperazine rings is 1. The van der Waals surface area contributed by atoms with Crippen LogP contribution < -0.4 is 15.5 Å². The minimum atomic E-state index is -0.0854. The second kappa shape index (κ2) is 9.34. The second-order valence-electron chi connectivity index (χ2n) is 7.99. The van der Waals surface area contributed by atoms with E-state index in [1.807, 2.05) is 13.8 Å². The van der Waals surface area contributed by atoms with Gasteiger partial charge in [-0.05, 0) is 32.9 Å². The van der Waals surface area contributed by atoms with E-state index in [0.717, 1.165) is 56.1 Å². The number of aromatic nitrogens is 5. The zero-order valence-electron chi connectivity index (χ0n) is 18.3. The minimum Gasteiger partial charge on any atom is -0.350 e. The monoisotopic (exact) mass is 423 g/mol. The van der Waals surface area contributed by atoms with Gasteiger partial charge in [-0.15, -0.1) is 0 Å². The normalized spacial score (nSPS) is 17.2. The standard InChI is InChI=1S/C21H29N9O/c1-4-17-25-20(28-21(26-17)30-11-9-29(3)10-12-30)27-19-22-13-15(14(2)23-19)5-8-18(31)24-16-6-7-16/h5,8,13,16H,4,6-7,9-12H2,1-3H3,(H,24,31)(H,22,23,25,26,27,28)/b8-5+. The molecule has 10 heteroatoms. The molecule has 2 aromatic rings. The number of rotatable bonds is 7. The highest BCUT2D eigenvalue weighted by molar-refractivity contribution is 5.92. The third-order valence-corrected chi connectivity index (χ3v) is 5.35. The van der Waals surface area contributed by atoms with Crippen molar-refractivity contribution in [3.63, 3.8) is 0 Å². The molecule has 2 N–H and O–H groups in total. The molecule has 4 rings (SSSR count). The van der Waals surface area contributed by atoms with E-state index in [9.17, 15) is 4.79 Å². The van der Waals surface area contributed by atoms with Crippen LogP contribution in [0.4, 0.5) is 17.8 Å². The Bertz CT molecular complexity index is 965. The highest BCUT2D eigenvalue weighted by Crippen LogP contribution is 2.19. The fourth-order valence-electron chi connectivity index (χ4n) is 3.21. The number of hydrogen-bond acceptors (Lipinski definition) is 9. The zero-order chi connectivity index (χ0) is 21.8. The van der Waals surface area contributed by atoms with Gasteiger partial charge in [0.1, 0.15) is 5.82 Å². The predicted molar refractivity (Wildman–Crippen MR) is 119 cm³/mol. The molecule has 1 aliphatic heterocycles. The van der Waals surface area contributed by atoms with Crippen LogP contribution in [0.1, 0.15) is 36.8 Å². The topological polar surface area (TPSA) is 112 Å². The maximum absolute atomic E-state index is 11.8.